The number of esters is 1. The van der Waals surface area contributed by atoms with Crippen LogP contribution in [0.3, 0.4) is 0 Å². The first-order valence-electron chi connectivity index (χ1n) is 36.3. The summed E-state index contributed by atoms with van der Waals surface area (Å²) in [4.78, 5) is 24.5. The zero-order valence-electron chi connectivity index (χ0n) is 53.4. The van der Waals surface area contributed by atoms with Crippen molar-refractivity contribution in [1.29, 1.82) is 0 Å². The van der Waals surface area contributed by atoms with E-state index < -0.39 is 12.1 Å². The van der Waals surface area contributed by atoms with E-state index in [1.165, 1.54) is 353 Å². The molecule has 3 N–H and O–H groups in total. The first kappa shape index (κ1) is 76.9. The lowest BCUT2D eigenvalue weighted by atomic mass is 10.0. The van der Waals surface area contributed by atoms with Crippen molar-refractivity contribution >= 4 is 11.9 Å². The van der Waals surface area contributed by atoms with Crippen LogP contribution in [0, 0.1) is 0 Å². The Labute approximate surface area is 489 Å². The van der Waals surface area contributed by atoms with Crippen LogP contribution in [0.25, 0.3) is 0 Å². The lowest BCUT2D eigenvalue weighted by Crippen LogP contribution is -2.45. The van der Waals surface area contributed by atoms with Crippen molar-refractivity contribution in [2.75, 3.05) is 13.2 Å². The normalized spacial score (nSPS) is 12.4. The first-order chi connectivity index (χ1) is 38.5. The smallest absolute Gasteiger partial charge is 0.305 e. The molecule has 0 aliphatic heterocycles. The number of ether oxygens (including phenoxy) is 1. The molecule has 0 aromatic rings. The zero-order valence-corrected chi connectivity index (χ0v) is 53.4. The summed E-state index contributed by atoms with van der Waals surface area (Å²) in [5.74, 6) is -0.00226. The highest BCUT2D eigenvalue weighted by Crippen LogP contribution is 2.20. The van der Waals surface area contributed by atoms with E-state index in [1.54, 1.807) is 0 Å². The summed E-state index contributed by atoms with van der Waals surface area (Å²) in [7, 11) is 0. The lowest BCUT2D eigenvalue weighted by Gasteiger charge is -2.22. The Morgan fingerprint density at radius 3 is 0.782 bits per heavy atom. The van der Waals surface area contributed by atoms with E-state index in [4.69, 9.17) is 4.74 Å². The Bertz CT molecular complexity index is 1130. The molecule has 2 unspecified atom stereocenters. The van der Waals surface area contributed by atoms with Gasteiger partial charge < -0.3 is 20.3 Å². The molecule has 0 spiro atoms. The van der Waals surface area contributed by atoms with Crippen molar-refractivity contribution in [3.8, 4) is 0 Å². The standard InChI is InChI=1S/C72H143NO5/c1-3-5-7-9-11-13-15-41-45-48-52-56-60-64-70(75)69(68-74)73-71(76)65-61-57-53-49-46-42-39-37-35-33-31-29-27-25-23-21-19-17-16-18-20-22-24-26-28-30-32-34-36-38-40-43-47-51-55-59-63-67-78-72(77)66-62-58-54-50-44-14-12-10-8-6-4-2/h69-70,74-75H,3-68H2,1-2H3,(H,73,76). The molecule has 0 saturated heterocycles. The molecular weight excluding hydrogens is 959 g/mol. The van der Waals surface area contributed by atoms with Crippen molar-refractivity contribution in [2.24, 2.45) is 0 Å². The molecule has 0 saturated carbocycles. The second-order valence-corrected chi connectivity index (χ2v) is 25.3. The van der Waals surface area contributed by atoms with Crippen molar-refractivity contribution in [3.63, 3.8) is 0 Å². The van der Waals surface area contributed by atoms with Gasteiger partial charge in [-0.15, -0.1) is 0 Å². The van der Waals surface area contributed by atoms with Crippen LogP contribution < -0.4 is 5.32 Å². The second-order valence-electron chi connectivity index (χ2n) is 25.3. The maximum absolute atomic E-state index is 12.5. The van der Waals surface area contributed by atoms with E-state index in [9.17, 15) is 19.8 Å². The number of carbonyl (C=O) groups excluding carboxylic acids is 2. The third kappa shape index (κ3) is 64.0. The molecule has 0 fully saturated rings. The summed E-state index contributed by atoms with van der Waals surface area (Å²) >= 11 is 0. The molecular formula is C72H143NO5. The maximum Gasteiger partial charge on any atom is 0.305 e. The predicted octanol–water partition coefficient (Wildman–Crippen LogP) is 23.4. The van der Waals surface area contributed by atoms with Crippen LogP contribution in [-0.4, -0.2) is 47.4 Å². The SMILES string of the molecule is CCCCCCCCCCCCCCCC(O)C(CO)NC(=O)CCCCCCCCCCCCCCCCCCCCCCCCCCCCCCCCCCCCCCCOC(=O)CCCCCCCCCCCCC. The zero-order chi connectivity index (χ0) is 56.4. The van der Waals surface area contributed by atoms with E-state index in [-0.39, 0.29) is 18.5 Å². The fraction of sp³-hybridized carbons (Fsp3) is 0.972. The summed E-state index contributed by atoms with van der Waals surface area (Å²) in [6.45, 7) is 4.99. The van der Waals surface area contributed by atoms with Crippen LogP contribution in [0.2, 0.25) is 0 Å². The molecule has 0 aromatic heterocycles. The predicted molar refractivity (Wildman–Crippen MR) is 343 cm³/mol. The van der Waals surface area contributed by atoms with Crippen LogP contribution in [0.5, 0.6) is 0 Å². The molecule has 6 heteroatoms. The van der Waals surface area contributed by atoms with Crippen LogP contribution in [0.4, 0.5) is 0 Å². The number of hydrogen-bond donors (Lipinski definition) is 3. The van der Waals surface area contributed by atoms with Crippen molar-refractivity contribution in [1.82, 2.24) is 5.32 Å². The topological polar surface area (TPSA) is 95.9 Å². The Kier molecular flexibility index (Phi) is 67.4. The third-order valence-corrected chi connectivity index (χ3v) is 17.4. The third-order valence-electron chi connectivity index (χ3n) is 17.4. The van der Waals surface area contributed by atoms with Crippen molar-refractivity contribution in [3.05, 3.63) is 0 Å². The van der Waals surface area contributed by atoms with Crippen molar-refractivity contribution in [2.45, 2.75) is 437 Å². The second kappa shape index (κ2) is 68.4. The van der Waals surface area contributed by atoms with E-state index in [2.05, 4.69) is 19.2 Å². The molecule has 0 radical (unpaired) electrons. The molecule has 78 heavy (non-hydrogen) atoms. The van der Waals surface area contributed by atoms with E-state index >= 15 is 0 Å². The molecule has 0 aromatic carbocycles. The van der Waals surface area contributed by atoms with Gasteiger partial charge >= 0.3 is 5.97 Å². The van der Waals surface area contributed by atoms with Gasteiger partial charge in [0.2, 0.25) is 5.91 Å². The van der Waals surface area contributed by atoms with Gasteiger partial charge in [0.25, 0.3) is 0 Å². The Morgan fingerprint density at radius 2 is 0.526 bits per heavy atom. The van der Waals surface area contributed by atoms with Crippen LogP contribution in [0.1, 0.15) is 425 Å². The summed E-state index contributed by atoms with van der Waals surface area (Å²) in [6, 6.07) is -0.535. The average molecular weight is 1100 g/mol. The van der Waals surface area contributed by atoms with E-state index in [0.29, 0.717) is 25.9 Å². The Hall–Kier alpha value is -1.14. The van der Waals surface area contributed by atoms with Gasteiger partial charge in [-0.3, -0.25) is 9.59 Å². The molecule has 6 nitrogen and oxygen atoms in total. The highest BCUT2D eigenvalue weighted by atomic mass is 16.5. The molecule has 0 rings (SSSR count). The molecule has 0 heterocycles. The van der Waals surface area contributed by atoms with Gasteiger partial charge in [-0.2, -0.15) is 0 Å². The summed E-state index contributed by atoms with van der Waals surface area (Å²) in [5, 5.41) is 23.3. The molecule has 1 amide bonds. The van der Waals surface area contributed by atoms with Gasteiger partial charge in [-0.1, -0.05) is 386 Å². The summed E-state index contributed by atoms with van der Waals surface area (Å²) in [6.07, 6.45) is 83.3. The van der Waals surface area contributed by atoms with Gasteiger partial charge in [-0.05, 0) is 25.7 Å². The Morgan fingerprint density at radius 1 is 0.308 bits per heavy atom. The minimum atomic E-state index is -0.658. The molecule has 2 atom stereocenters. The number of amides is 1. The van der Waals surface area contributed by atoms with Gasteiger partial charge in [0, 0.05) is 12.8 Å². The van der Waals surface area contributed by atoms with Crippen LogP contribution in [0.15, 0.2) is 0 Å². The monoisotopic (exact) mass is 1100 g/mol. The number of nitrogens with one attached hydrogen (secondary N) is 1. The summed E-state index contributed by atoms with van der Waals surface area (Å²) < 4.78 is 5.48. The van der Waals surface area contributed by atoms with E-state index in [1.807, 2.05) is 0 Å². The molecule has 466 valence electrons. The molecule has 0 bridgehead atoms. The number of aliphatic hydroxyl groups excluding tert-OH is 2. The maximum atomic E-state index is 12.5. The number of aliphatic hydroxyl groups is 2. The molecule has 0 aliphatic carbocycles. The summed E-state index contributed by atoms with van der Waals surface area (Å²) in [5.41, 5.74) is 0. The fourth-order valence-electron chi connectivity index (χ4n) is 11.9. The minimum absolute atomic E-state index is 0.0240. The number of unbranched alkanes of at least 4 members (excludes halogenated alkanes) is 58. The quantitative estimate of drug-likeness (QED) is 0.0417. The van der Waals surface area contributed by atoms with E-state index in [0.717, 1.165) is 38.5 Å². The highest BCUT2D eigenvalue weighted by molar-refractivity contribution is 5.76. The van der Waals surface area contributed by atoms with Crippen LogP contribution in [-0.2, 0) is 14.3 Å². The van der Waals surface area contributed by atoms with Crippen molar-refractivity contribution < 1.29 is 24.5 Å². The first-order valence-corrected chi connectivity index (χ1v) is 36.3. The van der Waals surface area contributed by atoms with Crippen LogP contribution >= 0.6 is 0 Å². The number of rotatable bonds is 69. The molecule has 0 aliphatic rings. The minimum Gasteiger partial charge on any atom is -0.466 e. The average Bonchev–Trinajstić information content (AvgIpc) is 3.44. The van der Waals surface area contributed by atoms with Gasteiger partial charge in [0.15, 0.2) is 0 Å². The largest absolute Gasteiger partial charge is 0.466 e. The number of hydrogen-bond acceptors (Lipinski definition) is 5. The van der Waals surface area contributed by atoms with Gasteiger partial charge in [-0.25, -0.2) is 0 Å². The number of carbonyl (C=O) groups is 2. The Balaban J connectivity index is 3.27. The van der Waals surface area contributed by atoms with Gasteiger partial charge in [0.05, 0.1) is 25.4 Å². The lowest BCUT2D eigenvalue weighted by molar-refractivity contribution is -0.143. The highest BCUT2D eigenvalue weighted by Gasteiger charge is 2.20. The van der Waals surface area contributed by atoms with Gasteiger partial charge in [0.1, 0.15) is 0 Å². The fourth-order valence-corrected chi connectivity index (χ4v) is 11.9.